The Hall–Kier alpha value is -0.770. The molecule has 1 amide bonds. The van der Waals surface area contributed by atoms with Crippen LogP contribution in [-0.2, 0) is 4.74 Å². The minimum atomic E-state index is -0.411. The van der Waals surface area contributed by atoms with Crippen molar-refractivity contribution in [3.63, 3.8) is 0 Å². The average Bonchev–Trinajstić information content (AvgIpc) is 2.27. The van der Waals surface area contributed by atoms with Gasteiger partial charge in [0.15, 0.2) is 0 Å². The van der Waals surface area contributed by atoms with Crippen LogP contribution >= 0.6 is 0 Å². The van der Waals surface area contributed by atoms with Crippen LogP contribution in [0.25, 0.3) is 0 Å². The summed E-state index contributed by atoms with van der Waals surface area (Å²) in [5.74, 6) is 1.09. The van der Waals surface area contributed by atoms with Crippen molar-refractivity contribution in [2.45, 2.75) is 51.7 Å². The third kappa shape index (κ3) is 2.73. The molecule has 0 radical (unpaired) electrons. The van der Waals surface area contributed by atoms with Gasteiger partial charge < -0.3 is 15.4 Å². The van der Waals surface area contributed by atoms with Crippen molar-refractivity contribution < 1.29 is 9.53 Å². The van der Waals surface area contributed by atoms with Gasteiger partial charge in [-0.2, -0.15) is 0 Å². The molecule has 3 atom stereocenters. The Morgan fingerprint density at radius 2 is 2.12 bits per heavy atom. The maximum absolute atomic E-state index is 12.1. The summed E-state index contributed by atoms with van der Waals surface area (Å²) in [6, 6.07) is 0.305. The van der Waals surface area contributed by atoms with E-state index in [-0.39, 0.29) is 6.09 Å². The number of hydrogen-bond acceptors (Lipinski definition) is 3. The van der Waals surface area contributed by atoms with Gasteiger partial charge in [0, 0.05) is 12.6 Å². The number of amides is 1. The molecule has 4 heteroatoms. The highest BCUT2D eigenvalue weighted by atomic mass is 16.6. The van der Waals surface area contributed by atoms with Gasteiger partial charge >= 0.3 is 6.09 Å². The minimum absolute atomic E-state index is 0.162. The van der Waals surface area contributed by atoms with E-state index in [0.29, 0.717) is 24.4 Å². The predicted molar refractivity (Wildman–Crippen MR) is 66.6 cm³/mol. The number of hydrogen-bond donors (Lipinski definition) is 1. The number of rotatable bonds is 1. The van der Waals surface area contributed by atoms with Crippen molar-refractivity contribution in [3.8, 4) is 0 Å². The normalized spacial score (nSPS) is 32.7. The third-order valence-corrected chi connectivity index (χ3v) is 3.84. The highest BCUT2D eigenvalue weighted by Gasteiger charge is 2.43. The van der Waals surface area contributed by atoms with Gasteiger partial charge in [-0.25, -0.2) is 4.79 Å². The molecule has 0 aromatic rings. The second-order valence-corrected chi connectivity index (χ2v) is 6.37. The van der Waals surface area contributed by atoms with Gasteiger partial charge in [0.25, 0.3) is 0 Å². The lowest BCUT2D eigenvalue weighted by molar-refractivity contribution is -0.0300. The Morgan fingerprint density at radius 3 is 2.65 bits per heavy atom. The molecule has 98 valence electrons. The quantitative estimate of drug-likeness (QED) is 0.762. The van der Waals surface area contributed by atoms with Gasteiger partial charge in [-0.3, -0.25) is 0 Å². The second kappa shape index (κ2) is 4.48. The van der Waals surface area contributed by atoms with Crippen LogP contribution in [0.1, 0.15) is 40.0 Å². The van der Waals surface area contributed by atoms with E-state index in [1.165, 1.54) is 12.8 Å². The number of nitrogens with zero attached hydrogens (tertiary/aromatic N) is 1. The Morgan fingerprint density at radius 1 is 1.41 bits per heavy atom. The van der Waals surface area contributed by atoms with Gasteiger partial charge in [-0.1, -0.05) is 0 Å². The largest absolute Gasteiger partial charge is 0.444 e. The maximum atomic E-state index is 12.1. The molecule has 0 spiro atoms. The van der Waals surface area contributed by atoms with Crippen LogP contribution in [0.3, 0.4) is 0 Å². The zero-order valence-electron chi connectivity index (χ0n) is 11.1. The Bertz CT molecular complexity index is 298. The van der Waals surface area contributed by atoms with Gasteiger partial charge in [-0.05, 0) is 58.4 Å². The lowest BCUT2D eigenvalue weighted by Crippen LogP contribution is -2.57. The van der Waals surface area contributed by atoms with Gasteiger partial charge in [0.05, 0.1) is 0 Å². The van der Waals surface area contributed by atoms with Crippen molar-refractivity contribution in [3.05, 3.63) is 0 Å². The third-order valence-electron chi connectivity index (χ3n) is 3.84. The van der Waals surface area contributed by atoms with Crippen LogP contribution in [-0.4, -0.2) is 35.7 Å². The minimum Gasteiger partial charge on any atom is -0.444 e. The first-order valence-corrected chi connectivity index (χ1v) is 6.60. The molecular formula is C13H24N2O2. The van der Waals surface area contributed by atoms with E-state index in [9.17, 15) is 4.79 Å². The van der Waals surface area contributed by atoms with Gasteiger partial charge in [0.2, 0.25) is 0 Å². The fourth-order valence-electron chi connectivity index (χ4n) is 3.12. The molecule has 3 fully saturated rings. The lowest BCUT2D eigenvalue weighted by atomic mass is 9.73. The summed E-state index contributed by atoms with van der Waals surface area (Å²) >= 11 is 0. The Balaban J connectivity index is 2.04. The molecule has 1 saturated carbocycles. The van der Waals surface area contributed by atoms with Crippen molar-refractivity contribution in [1.29, 1.82) is 0 Å². The van der Waals surface area contributed by atoms with Crippen LogP contribution in [0.4, 0.5) is 4.79 Å². The monoisotopic (exact) mass is 240 g/mol. The molecular weight excluding hydrogens is 216 g/mol. The van der Waals surface area contributed by atoms with Crippen molar-refractivity contribution >= 4 is 6.09 Å². The smallest absolute Gasteiger partial charge is 0.410 e. The highest BCUT2D eigenvalue weighted by molar-refractivity contribution is 5.69. The van der Waals surface area contributed by atoms with Gasteiger partial charge in [-0.15, -0.1) is 0 Å². The predicted octanol–water partition coefficient (Wildman–Crippen LogP) is 1.98. The number of carbonyl (C=O) groups excluding carboxylic acids is 1. The molecule has 3 aliphatic rings. The fourth-order valence-corrected chi connectivity index (χ4v) is 3.12. The van der Waals surface area contributed by atoms with Crippen molar-refractivity contribution in [2.24, 2.45) is 17.6 Å². The van der Waals surface area contributed by atoms with Crippen molar-refractivity contribution in [2.75, 3.05) is 13.1 Å². The number of carbonyl (C=O) groups is 1. The summed E-state index contributed by atoms with van der Waals surface area (Å²) in [6.45, 7) is 7.27. The highest BCUT2D eigenvalue weighted by Crippen LogP contribution is 2.39. The van der Waals surface area contributed by atoms with Crippen LogP contribution in [0, 0.1) is 11.8 Å². The molecule has 2 aliphatic heterocycles. The lowest BCUT2D eigenvalue weighted by Gasteiger charge is -2.49. The summed E-state index contributed by atoms with van der Waals surface area (Å²) < 4.78 is 5.47. The fraction of sp³-hybridized carbons (Fsp3) is 0.923. The van der Waals surface area contributed by atoms with E-state index in [1.54, 1.807) is 0 Å². The van der Waals surface area contributed by atoms with E-state index in [4.69, 9.17) is 10.5 Å². The zero-order valence-corrected chi connectivity index (χ0v) is 11.1. The van der Waals surface area contributed by atoms with Crippen LogP contribution in [0.5, 0.6) is 0 Å². The number of fused-ring (bicyclic) bond motifs is 3. The number of ether oxygens (including phenoxy) is 1. The molecule has 1 aliphatic carbocycles. The second-order valence-electron chi connectivity index (χ2n) is 6.37. The summed E-state index contributed by atoms with van der Waals surface area (Å²) in [6.07, 6.45) is 3.34. The summed E-state index contributed by atoms with van der Waals surface area (Å²) in [5.41, 5.74) is 5.39. The summed E-state index contributed by atoms with van der Waals surface area (Å²) in [5, 5.41) is 0. The van der Waals surface area contributed by atoms with Crippen molar-refractivity contribution in [1.82, 2.24) is 4.90 Å². The molecule has 2 bridgehead atoms. The molecule has 2 heterocycles. The van der Waals surface area contributed by atoms with Gasteiger partial charge in [0.1, 0.15) is 5.60 Å². The molecule has 2 saturated heterocycles. The Labute approximate surface area is 103 Å². The first-order valence-electron chi connectivity index (χ1n) is 6.60. The average molecular weight is 240 g/mol. The standard InChI is InChI=1S/C13H24N2O2/c1-13(2,3)17-12(16)15-8-9-4-5-11(15)10(6-9)7-14/h9-11H,4-8,14H2,1-3H3/t9-,10+,11+/m1/s1. The zero-order chi connectivity index (χ0) is 12.6. The maximum Gasteiger partial charge on any atom is 0.410 e. The first-order chi connectivity index (χ1) is 7.90. The topological polar surface area (TPSA) is 55.6 Å². The summed E-state index contributed by atoms with van der Waals surface area (Å²) in [4.78, 5) is 14.0. The van der Waals surface area contributed by atoms with E-state index in [1.807, 2.05) is 25.7 Å². The van der Waals surface area contributed by atoms with E-state index in [0.717, 1.165) is 13.0 Å². The Kier molecular flexibility index (Phi) is 3.34. The van der Waals surface area contributed by atoms with Crippen LogP contribution in [0.15, 0.2) is 0 Å². The molecule has 0 unspecified atom stereocenters. The van der Waals surface area contributed by atoms with E-state index in [2.05, 4.69) is 0 Å². The molecule has 0 aromatic carbocycles. The number of piperidine rings is 2. The molecule has 2 N–H and O–H groups in total. The summed E-state index contributed by atoms with van der Waals surface area (Å²) in [7, 11) is 0. The number of nitrogens with two attached hydrogens (primary N) is 1. The van der Waals surface area contributed by atoms with Crippen LogP contribution in [0.2, 0.25) is 0 Å². The van der Waals surface area contributed by atoms with E-state index < -0.39 is 5.60 Å². The molecule has 3 rings (SSSR count). The van der Waals surface area contributed by atoms with Crippen LogP contribution < -0.4 is 5.73 Å². The van der Waals surface area contributed by atoms with E-state index >= 15 is 0 Å². The molecule has 17 heavy (non-hydrogen) atoms. The first kappa shape index (κ1) is 12.7. The molecule has 0 aromatic heterocycles. The molecule has 4 nitrogen and oxygen atoms in total. The SMILES string of the molecule is CC(C)(C)OC(=O)N1C[C@@H]2CC[C@H]1[C@H](CN)C2.